The lowest BCUT2D eigenvalue weighted by Crippen LogP contribution is -2.39. The first-order chi connectivity index (χ1) is 9.22. The second-order valence-electron chi connectivity index (χ2n) is 4.82. The Bertz CT molecular complexity index is 560. The number of hydrogen-bond acceptors (Lipinski definition) is 4. The molecule has 2 atom stereocenters. The van der Waals surface area contributed by atoms with Crippen molar-refractivity contribution in [2.24, 2.45) is 0 Å². The minimum atomic E-state index is -0.429. The molecule has 0 saturated carbocycles. The molecule has 1 aliphatic rings. The van der Waals surface area contributed by atoms with E-state index in [0.29, 0.717) is 19.5 Å². The van der Waals surface area contributed by atoms with Gasteiger partial charge in [0.15, 0.2) is 0 Å². The molecule has 1 aliphatic heterocycles. The zero-order chi connectivity index (χ0) is 13.2. The molecule has 0 aliphatic carbocycles. The van der Waals surface area contributed by atoms with Crippen LogP contribution in [0.25, 0.3) is 11.0 Å². The molecule has 2 aromatic rings. The van der Waals surface area contributed by atoms with Crippen LogP contribution in [0.5, 0.6) is 0 Å². The number of rotatable bonds is 3. The van der Waals surface area contributed by atoms with E-state index in [-0.39, 0.29) is 11.9 Å². The third-order valence-electron chi connectivity index (χ3n) is 3.34. The predicted molar refractivity (Wildman–Crippen MR) is 70.5 cm³/mol. The van der Waals surface area contributed by atoms with Gasteiger partial charge in [0.2, 0.25) is 5.91 Å². The molecule has 1 aromatic carbocycles. The number of amides is 1. The standard InChI is InChI=1S/C14H16N2O3/c17-10-6-12(15-7-10)14(18)16-8-11-5-9-3-1-2-4-13(9)19-11/h1-5,10,12,15,17H,6-8H2,(H,16,18). The molecule has 1 fully saturated rings. The van der Waals surface area contributed by atoms with E-state index in [1.54, 1.807) is 0 Å². The number of para-hydroxylation sites is 1. The highest BCUT2D eigenvalue weighted by molar-refractivity contribution is 5.82. The van der Waals surface area contributed by atoms with Gasteiger partial charge in [-0.05, 0) is 18.6 Å². The fourth-order valence-electron chi connectivity index (χ4n) is 2.34. The van der Waals surface area contributed by atoms with Gasteiger partial charge in [0, 0.05) is 11.9 Å². The quantitative estimate of drug-likeness (QED) is 0.762. The van der Waals surface area contributed by atoms with Crippen LogP contribution in [0, 0.1) is 0 Å². The Morgan fingerprint density at radius 2 is 2.32 bits per heavy atom. The number of carbonyl (C=O) groups excluding carboxylic acids is 1. The minimum Gasteiger partial charge on any atom is -0.459 e. The van der Waals surface area contributed by atoms with Gasteiger partial charge in [-0.3, -0.25) is 4.79 Å². The number of aliphatic hydroxyl groups excluding tert-OH is 1. The Balaban J connectivity index is 1.61. The maximum atomic E-state index is 11.9. The number of carbonyl (C=O) groups is 1. The molecular weight excluding hydrogens is 244 g/mol. The summed E-state index contributed by atoms with van der Waals surface area (Å²) in [5.41, 5.74) is 0.821. The van der Waals surface area contributed by atoms with Gasteiger partial charge in [0.05, 0.1) is 18.7 Å². The van der Waals surface area contributed by atoms with Gasteiger partial charge in [-0.2, -0.15) is 0 Å². The Morgan fingerprint density at radius 3 is 3.05 bits per heavy atom. The third kappa shape index (κ3) is 2.62. The van der Waals surface area contributed by atoms with Crippen LogP contribution in [0.3, 0.4) is 0 Å². The van der Waals surface area contributed by atoms with Gasteiger partial charge in [-0.25, -0.2) is 0 Å². The number of hydrogen-bond donors (Lipinski definition) is 3. The molecule has 1 amide bonds. The van der Waals surface area contributed by atoms with E-state index in [1.165, 1.54) is 0 Å². The predicted octanol–water partition coefficient (Wildman–Crippen LogP) is 0.772. The summed E-state index contributed by atoms with van der Waals surface area (Å²) in [5.74, 6) is 0.630. The molecule has 1 aromatic heterocycles. The van der Waals surface area contributed by atoms with Crippen molar-refractivity contribution in [3.05, 3.63) is 36.1 Å². The van der Waals surface area contributed by atoms with Crippen molar-refractivity contribution >= 4 is 16.9 Å². The maximum absolute atomic E-state index is 11.9. The first-order valence-electron chi connectivity index (χ1n) is 6.39. The highest BCUT2D eigenvalue weighted by atomic mass is 16.3. The molecule has 5 nitrogen and oxygen atoms in total. The summed E-state index contributed by atoms with van der Waals surface area (Å²) < 4.78 is 5.62. The lowest BCUT2D eigenvalue weighted by Gasteiger charge is -2.09. The number of nitrogens with one attached hydrogen (secondary N) is 2. The van der Waals surface area contributed by atoms with E-state index in [9.17, 15) is 9.90 Å². The van der Waals surface area contributed by atoms with Crippen molar-refractivity contribution in [2.45, 2.75) is 25.1 Å². The fraction of sp³-hybridized carbons (Fsp3) is 0.357. The van der Waals surface area contributed by atoms with E-state index in [2.05, 4.69) is 10.6 Å². The number of fused-ring (bicyclic) bond motifs is 1. The van der Waals surface area contributed by atoms with Gasteiger partial charge in [0.25, 0.3) is 0 Å². The molecule has 2 unspecified atom stereocenters. The van der Waals surface area contributed by atoms with Gasteiger partial charge < -0.3 is 20.2 Å². The van der Waals surface area contributed by atoms with Crippen LogP contribution < -0.4 is 10.6 Å². The lowest BCUT2D eigenvalue weighted by molar-refractivity contribution is -0.123. The van der Waals surface area contributed by atoms with E-state index < -0.39 is 6.10 Å². The van der Waals surface area contributed by atoms with E-state index in [0.717, 1.165) is 16.7 Å². The highest BCUT2D eigenvalue weighted by Crippen LogP contribution is 2.18. The van der Waals surface area contributed by atoms with Gasteiger partial charge in [-0.15, -0.1) is 0 Å². The van der Waals surface area contributed by atoms with Crippen LogP contribution in [0.15, 0.2) is 34.7 Å². The van der Waals surface area contributed by atoms with Crippen molar-refractivity contribution < 1.29 is 14.3 Å². The van der Waals surface area contributed by atoms with Crippen molar-refractivity contribution in [2.75, 3.05) is 6.54 Å². The Labute approximate surface area is 110 Å². The lowest BCUT2D eigenvalue weighted by atomic mass is 10.2. The first kappa shape index (κ1) is 12.2. The smallest absolute Gasteiger partial charge is 0.237 e. The van der Waals surface area contributed by atoms with Gasteiger partial charge >= 0.3 is 0 Å². The van der Waals surface area contributed by atoms with Crippen LogP contribution in [0.2, 0.25) is 0 Å². The zero-order valence-corrected chi connectivity index (χ0v) is 10.4. The summed E-state index contributed by atoms with van der Waals surface area (Å²) in [6, 6.07) is 9.35. The first-order valence-corrected chi connectivity index (χ1v) is 6.39. The Kier molecular flexibility index (Phi) is 3.23. The molecule has 0 radical (unpaired) electrons. The summed E-state index contributed by atoms with van der Waals surface area (Å²) >= 11 is 0. The minimum absolute atomic E-state index is 0.1000. The van der Waals surface area contributed by atoms with Crippen molar-refractivity contribution in [1.82, 2.24) is 10.6 Å². The van der Waals surface area contributed by atoms with Gasteiger partial charge in [0.1, 0.15) is 11.3 Å². The monoisotopic (exact) mass is 260 g/mol. The third-order valence-corrected chi connectivity index (χ3v) is 3.34. The SMILES string of the molecule is O=C(NCc1cc2ccccc2o1)C1CC(O)CN1. The van der Waals surface area contributed by atoms with E-state index in [1.807, 2.05) is 30.3 Å². The molecule has 0 bridgehead atoms. The second kappa shape index (κ2) is 5.03. The number of benzene rings is 1. The van der Waals surface area contributed by atoms with Crippen LogP contribution in [0.1, 0.15) is 12.2 Å². The number of aliphatic hydroxyl groups is 1. The highest BCUT2D eigenvalue weighted by Gasteiger charge is 2.27. The summed E-state index contributed by atoms with van der Waals surface area (Å²) in [5, 5.41) is 16.2. The zero-order valence-electron chi connectivity index (χ0n) is 10.4. The van der Waals surface area contributed by atoms with Crippen molar-refractivity contribution in [1.29, 1.82) is 0 Å². The molecule has 100 valence electrons. The molecule has 5 heteroatoms. The fourth-order valence-corrected chi connectivity index (χ4v) is 2.34. The van der Waals surface area contributed by atoms with E-state index in [4.69, 9.17) is 4.42 Å². The average molecular weight is 260 g/mol. The summed E-state index contributed by atoms with van der Waals surface area (Å²) in [4.78, 5) is 11.9. The Morgan fingerprint density at radius 1 is 1.47 bits per heavy atom. The van der Waals surface area contributed by atoms with Gasteiger partial charge in [-0.1, -0.05) is 18.2 Å². The Hall–Kier alpha value is -1.85. The number of β-amino-alcohol motifs (C(OH)–C–C–N with tert-alkyl or cyclic N) is 1. The summed E-state index contributed by atoms with van der Waals surface area (Å²) in [6.07, 6.45) is 0.0355. The van der Waals surface area contributed by atoms with E-state index >= 15 is 0 Å². The van der Waals surface area contributed by atoms with Crippen LogP contribution in [-0.2, 0) is 11.3 Å². The topological polar surface area (TPSA) is 74.5 Å². The van der Waals surface area contributed by atoms with Crippen molar-refractivity contribution in [3.63, 3.8) is 0 Å². The largest absolute Gasteiger partial charge is 0.459 e. The molecule has 3 N–H and O–H groups in total. The number of furan rings is 1. The molecule has 2 heterocycles. The van der Waals surface area contributed by atoms with Crippen molar-refractivity contribution in [3.8, 4) is 0 Å². The van der Waals surface area contributed by atoms with Crippen LogP contribution >= 0.6 is 0 Å². The maximum Gasteiger partial charge on any atom is 0.237 e. The average Bonchev–Trinajstić information content (AvgIpc) is 3.01. The summed E-state index contributed by atoms with van der Waals surface area (Å²) in [7, 11) is 0. The summed E-state index contributed by atoms with van der Waals surface area (Å²) in [6.45, 7) is 0.838. The normalized spacial score (nSPS) is 22.8. The molecule has 19 heavy (non-hydrogen) atoms. The molecule has 0 spiro atoms. The van der Waals surface area contributed by atoms with Crippen LogP contribution in [-0.4, -0.2) is 29.7 Å². The van der Waals surface area contributed by atoms with Crippen LogP contribution in [0.4, 0.5) is 0 Å². The molecule has 3 rings (SSSR count). The molecular formula is C14H16N2O3. The second-order valence-corrected chi connectivity index (χ2v) is 4.82. The molecule has 1 saturated heterocycles.